The average molecular weight is 137 g/mol. The Morgan fingerprint density at radius 1 is 1.22 bits per heavy atom. The highest BCUT2D eigenvalue weighted by atomic mass is 28.3. The van der Waals surface area contributed by atoms with Crippen molar-refractivity contribution in [2.45, 2.75) is 13.1 Å². The van der Waals surface area contributed by atoms with Gasteiger partial charge in [0, 0.05) is 12.4 Å². The summed E-state index contributed by atoms with van der Waals surface area (Å²) >= 11 is 0. The molecule has 0 saturated heterocycles. The maximum atomic E-state index is 3.95. The van der Waals surface area contributed by atoms with Gasteiger partial charge in [-0.25, -0.2) is 0 Å². The summed E-state index contributed by atoms with van der Waals surface area (Å²) in [4.78, 5) is 3.95. The van der Waals surface area contributed by atoms with Gasteiger partial charge in [0.2, 0.25) is 0 Å². The van der Waals surface area contributed by atoms with Gasteiger partial charge < -0.3 is 0 Å². The molecular formula is C7H11NSi. The van der Waals surface area contributed by atoms with E-state index in [1.54, 1.807) is 0 Å². The Balaban J connectivity index is 2.85. The van der Waals surface area contributed by atoms with Gasteiger partial charge in [-0.05, 0) is 12.1 Å². The SMILES string of the molecule is C[SiH](C)c1ccncc1. The minimum Gasteiger partial charge on any atom is -0.265 e. The van der Waals surface area contributed by atoms with Crippen molar-refractivity contribution in [3.8, 4) is 0 Å². The fraction of sp³-hybridized carbons (Fsp3) is 0.286. The van der Waals surface area contributed by atoms with Crippen molar-refractivity contribution in [2.24, 2.45) is 0 Å². The van der Waals surface area contributed by atoms with Gasteiger partial charge >= 0.3 is 0 Å². The van der Waals surface area contributed by atoms with Crippen LogP contribution in [0.5, 0.6) is 0 Å². The summed E-state index contributed by atoms with van der Waals surface area (Å²) in [5.41, 5.74) is 0. The van der Waals surface area contributed by atoms with E-state index in [2.05, 4.69) is 30.2 Å². The van der Waals surface area contributed by atoms with E-state index in [0.717, 1.165) is 0 Å². The van der Waals surface area contributed by atoms with Crippen molar-refractivity contribution in [3.05, 3.63) is 24.5 Å². The molecule has 0 radical (unpaired) electrons. The van der Waals surface area contributed by atoms with Crippen molar-refractivity contribution in [1.82, 2.24) is 4.98 Å². The molecule has 0 aliphatic rings. The zero-order valence-electron chi connectivity index (χ0n) is 5.83. The smallest absolute Gasteiger partial charge is 0.0648 e. The molecule has 1 aromatic rings. The summed E-state index contributed by atoms with van der Waals surface area (Å²) in [6.45, 7) is 4.63. The molecule has 0 fully saturated rings. The van der Waals surface area contributed by atoms with Gasteiger partial charge in [-0.1, -0.05) is 18.3 Å². The van der Waals surface area contributed by atoms with E-state index in [1.165, 1.54) is 5.19 Å². The largest absolute Gasteiger partial charge is 0.265 e. The third kappa shape index (κ3) is 1.64. The van der Waals surface area contributed by atoms with Crippen molar-refractivity contribution < 1.29 is 0 Å². The van der Waals surface area contributed by atoms with Crippen molar-refractivity contribution in [3.63, 3.8) is 0 Å². The Labute approximate surface area is 57.4 Å². The van der Waals surface area contributed by atoms with E-state index in [0.29, 0.717) is 0 Å². The van der Waals surface area contributed by atoms with Gasteiger partial charge in [-0.2, -0.15) is 0 Å². The minimum atomic E-state index is -0.569. The molecule has 0 atom stereocenters. The van der Waals surface area contributed by atoms with Crippen LogP contribution < -0.4 is 5.19 Å². The van der Waals surface area contributed by atoms with Crippen LogP contribution in [-0.4, -0.2) is 13.8 Å². The first-order valence-corrected chi connectivity index (χ1v) is 6.09. The molecule has 2 heteroatoms. The molecule has 48 valence electrons. The van der Waals surface area contributed by atoms with E-state index >= 15 is 0 Å². The van der Waals surface area contributed by atoms with Crippen LogP contribution in [0.3, 0.4) is 0 Å². The van der Waals surface area contributed by atoms with Crippen LogP contribution in [0.1, 0.15) is 0 Å². The highest BCUT2D eigenvalue weighted by Crippen LogP contribution is 1.82. The predicted octanol–water partition coefficient (Wildman–Crippen LogP) is 0.775. The summed E-state index contributed by atoms with van der Waals surface area (Å²) in [7, 11) is -0.569. The first-order chi connectivity index (χ1) is 4.30. The van der Waals surface area contributed by atoms with Crippen LogP contribution >= 0.6 is 0 Å². The maximum absolute atomic E-state index is 3.95. The van der Waals surface area contributed by atoms with Crippen molar-refractivity contribution in [1.29, 1.82) is 0 Å². The quantitative estimate of drug-likeness (QED) is 0.521. The standard InChI is InChI=1S/C7H11NSi/c1-9(2)7-3-5-8-6-4-7/h3-6,9H,1-2H3. The van der Waals surface area contributed by atoms with Crippen LogP contribution in [0.25, 0.3) is 0 Å². The first kappa shape index (κ1) is 6.49. The molecule has 1 aromatic heterocycles. The molecule has 0 amide bonds. The zero-order valence-corrected chi connectivity index (χ0v) is 6.99. The van der Waals surface area contributed by atoms with E-state index in [9.17, 15) is 0 Å². The normalized spacial score (nSPS) is 10.1. The molecule has 0 saturated carbocycles. The lowest BCUT2D eigenvalue weighted by Gasteiger charge is -1.99. The summed E-state index contributed by atoms with van der Waals surface area (Å²) in [5.74, 6) is 0. The molecule has 1 nitrogen and oxygen atoms in total. The molecule has 0 spiro atoms. The van der Waals surface area contributed by atoms with Gasteiger partial charge in [0.15, 0.2) is 0 Å². The van der Waals surface area contributed by atoms with Crippen LogP contribution in [0.15, 0.2) is 24.5 Å². The second kappa shape index (κ2) is 2.78. The predicted molar refractivity (Wildman–Crippen MR) is 42.7 cm³/mol. The lowest BCUT2D eigenvalue weighted by molar-refractivity contribution is 1.34. The molecule has 0 unspecified atom stereocenters. The number of hydrogen-bond acceptors (Lipinski definition) is 1. The lowest BCUT2D eigenvalue weighted by Crippen LogP contribution is -2.21. The molecule has 1 heterocycles. The van der Waals surface area contributed by atoms with Crippen LogP contribution in [0.4, 0.5) is 0 Å². The molecule has 0 aromatic carbocycles. The molecule has 0 aliphatic carbocycles. The van der Waals surface area contributed by atoms with Crippen molar-refractivity contribution >= 4 is 14.0 Å². The molecular weight excluding hydrogens is 126 g/mol. The van der Waals surface area contributed by atoms with Gasteiger partial charge in [-0.15, -0.1) is 0 Å². The number of hydrogen-bond donors (Lipinski definition) is 0. The molecule has 0 aliphatic heterocycles. The van der Waals surface area contributed by atoms with Gasteiger partial charge in [0.05, 0.1) is 8.80 Å². The minimum absolute atomic E-state index is 0.569. The molecule has 9 heavy (non-hydrogen) atoms. The van der Waals surface area contributed by atoms with E-state index < -0.39 is 8.80 Å². The summed E-state index contributed by atoms with van der Waals surface area (Å²) in [5, 5.41) is 1.49. The van der Waals surface area contributed by atoms with Gasteiger partial charge in [0.1, 0.15) is 0 Å². The topological polar surface area (TPSA) is 12.9 Å². The van der Waals surface area contributed by atoms with Crippen LogP contribution in [-0.2, 0) is 0 Å². The molecule has 0 N–H and O–H groups in total. The van der Waals surface area contributed by atoms with E-state index in [4.69, 9.17) is 0 Å². The lowest BCUT2D eigenvalue weighted by atomic mass is 10.5. The average Bonchev–Trinajstić information content (AvgIpc) is 1.90. The molecule has 0 bridgehead atoms. The maximum Gasteiger partial charge on any atom is 0.0648 e. The Hall–Kier alpha value is -0.633. The third-order valence-electron chi connectivity index (χ3n) is 1.37. The number of rotatable bonds is 1. The first-order valence-electron chi connectivity index (χ1n) is 3.20. The van der Waals surface area contributed by atoms with E-state index in [1.807, 2.05) is 12.4 Å². The van der Waals surface area contributed by atoms with Crippen LogP contribution in [0, 0.1) is 0 Å². The highest BCUT2D eigenvalue weighted by Gasteiger charge is 1.95. The summed E-state index contributed by atoms with van der Waals surface area (Å²) in [6.07, 6.45) is 3.73. The number of pyridine rings is 1. The zero-order chi connectivity index (χ0) is 6.69. The number of aromatic nitrogens is 1. The number of nitrogens with zero attached hydrogens (tertiary/aromatic N) is 1. The second-order valence-corrected chi connectivity index (χ2v) is 5.41. The third-order valence-corrected chi connectivity index (χ3v) is 3.09. The van der Waals surface area contributed by atoms with Gasteiger partial charge in [0.25, 0.3) is 0 Å². The highest BCUT2D eigenvalue weighted by molar-refractivity contribution is 6.70. The Bertz CT molecular complexity index is 172. The molecule has 1 rings (SSSR count). The van der Waals surface area contributed by atoms with Crippen LogP contribution in [0.2, 0.25) is 13.1 Å². The van der Waals surface area contributed by atoms with Gasteiger partial charge in [-0.3, -0.25) is 4.98 Å². The van der Waals surface area contributed by atoms with E-state index in [-0.39, 0.29) is 0 Å². The fourth-order valence-corrected chi connectivity index (χ4v) is 1.69. The Morgan fingerprint density at radius 3 is 2.11 bits per heavy atom. The monoisotopic (exact) mass is 137 g/mol. The Kier molecular flexibility index (Phi) is 2.00. The van der Waals surface area contributed by atoms with Crippen molar-refractivity contribution in [2.75, 3.05) is 0 Å². The fourth-order valence-electron chi connectivity index (χ4n) is 0.748. The summed E-state index contributed by atoms with van der Waals surface area (Å²) < 4.78 is 0. The second-order valence-electron chi connectivity index (χ2n) is 2.44. The summed E-state index contributed by atoms with van der Waals surface area (Å²) in [6, 6.07) is 4.22. The Morgan fingerprint density at radius 2 is 1.78 bits per heavy atom.